The van der Waals surface area contributed by atoms with Gasteiger partial charge in [0, 0.05) is 21.7 Å². The van der Waals surface area contributed by atoms with Gasteiger partial charge in [0.05, 0.1) is 19.8 Å². The third kappa shape index (κ3) is 26.3. The van der Waals surface area contributed by atoms with Gasteiger partial charge in [0.1, 0.15) is 0 Å². The van der Waals surface area contributed by atoms with Crippen molar-refractivity contribution in [3.63, 3.8) is 0 Å². The van der Waals surface area contributed by atoms with E-state index in [-0.39, 0.29) is 33.8 Å². The summed E-state index contributed by atoms with van der Waals surface area (Å²) in [5, 5.41) is 23.7. The molecule has 7 heteroatoms. The van der Waals surface area contributed by atoms with E-state index in [1.165, 1.54) is 0 Å². The molecule has 118 valence electrons. The third-order valence-corrected chi connectivity index (χ3v) is 1.62. The summed E-state index contributed by atoms with van der Waals surface area (Å²) in [7, 11) is 0. The summed E-state index contributed by atoms with van der Waals surface area (Å²) in [5.74, 6) is 0. The second-order valence-electron chi connectivity index (χ2n) is 3.31. The molecule has 0 aliphatic heterocycles. The van der Waals surface area contributed by atoms with Crippen LogP contribution < -0.4 is 0 Å². The number of aliphatic hydroxyl groups excluding tert-OH is 1. The van der Waals surface area contributed by atoms with E-state index >= 15 is 0 Å². The van der Waals surface area contributed by atoms with Gasteiger partial charge in [0.25, 0.3) is 0 Å². The van der Waals surface area contributed by atoms with Crippen molar-refractivity contribution in [2.24, 2.45) is 0 Å². The van der Waals surface area contributed by atoms with Crippen LogP contribution in [0.3, 0.4) is 0 Å². The van der Waals surface area contributed by atoms with Gasteiger partial charge in [0.2, 0.25) is 0 Å². The van der Waals surface area contributed by atoms with Gasteiger partial charge in [-0.15, -0.1) is 0 Å². The van der Waals surface area contributed by atoms with Crippen LogP contribution in [0.4, 0.5) is 0 Å². The topological polar surface area (TPSA) is 111 Å². The van der Waals surface area contributed by atoms with Crippen molar-refractivity contribution in [2.45, 2.75) is 33.3 Å². The molecule has 0 fully saturated rings. The number of benzene rings is 1. The number of hydrogen-bond donors (Lipinski definition) is 3. The van der Waals surface area contributed by atoms with Gasteiger partial charge in [-0.1, -0.05) is 44.2 Å². The zero-order valence-corrected chi connectivity index (χ0v) is 13.6. The van der Waals surface area contributed by atoms with E-state index in [0.717, 1.165) is 18.4 Å². The molecule has 0 atom stereocenters. The fourth-order valence-corrected chi connectivity index (χ4v) is 0.766. The predicted octanol–water partition coefficient (Wildman–Crippen LogP) is 2.12. The minimum absolute atomic E-state index is 0. The Hall–Kier alpha value is -0.306. The van der Waals surface area contributed by atoms with E-state index in [0.29, 0.717) is 13.2 Å². The van der Waals surface area contributed by atoms with Crippen molar-refractivity contribution in [3.05, 3.63) is 35.9 Å². The van der Waals surface area contributed by atoms with E-state index in [1.54, 1.807) is 0 Å². The Morgan fingerprint density at radius 3 is 1.45 bits per heavy atom. The molecule has 0 aliphatic carbocycles. The number of rotatable bonds is 5. The van der Waals surface area contributed by atoms with Crippen molar-refractivity contribution in [1.82, 2.24) is 0 Å². The van der Waals surface area contributed by atoms with Crippen molar-refractivity contribution < 1.29 is 52.6 Å². The van der Waals surface area contributed by atoms with Crippen LogP contribution in [-0.4, -0.2) is 34.3 Å². The van der Waals surface area contributed by atoms with Crippen molar-refractivity contribution in [3.8, 4) is 0 Å². The van der Waals surface area contributed by atoms with Crippen molar-refractivity contribution in [1.29, 1.82) is 0 Å². The number of aliphatic hydroxyl groups is 1. The maximum absolute atomic E-state index is 8.54. The van der Waals surface area contributed by atoms with Gasteiger partial charge in [-0.25, -0.2) is 9.78 Å². The molecule has 0 bridgehead atoms. The molecular formula is C13H26O6Ti. The zero-order valence-electron chi connectivity index (χ0n) is 12.1. The predicted molar refractivity (Wildman–Crippen MR) is 73.7 cm³/mol. The van der Waals surface area contributed by atoms with Gasteiger partial charge in [-0.2, -0.15) is 0 Å². The van der Waals surface area contributed by atoms with Gasteiger partial charge < -0.3 is 10.6 Å². The third-order valence-electron chi connectivity index (χ3n) is 1.62. The molecule has 0 aliphatic rings. The molecular weight excluding hydrogens is 300 g/mol. The van der Waals surface area contributed by atoms with Crippen LogP contribution in [0.2, 0.25) is 0 Å². The Bertz CT molecular complexity index is 226. The van der Waals surface area contributed by atoms with Crippen LogP contribution in [0, 0.1) is 0 Å². The van der Waals surface area contributed by atoms with E-state index in [1.807, 2.05) is 44.2 Å². The monoisotopic (exact) mass is 326 g/mol. The van der Waals surface area contributed by atoms with Crippen LogP contribution in [0.5, 0.6) is 0 Å². The first-order valence-corrected chi connectivity index (χ1v) is 5.94. The number of hydrogen-bond acceptors (Lipinski definition) is 5. The Morgan fingerprint density at radius 1 is 0.900 bits per heavy atom. The maximum atomic E-state index is 8.54. The fourth-order valence-electron chi connectivity index (χ4n) is 0.766. The fraction of sp³-hybridized carbons (Fsp3) is 0.538. The summed E-state index contributed by atoms with van der Waals surface area (Å²) >= 11 is 0. The molecule has 0 spiro atoms. The molecule has 0 saturated heterocycles. The molecule has 0 amide bonds. The second kappa shape index (κ2) is 27.1. The summed E-state index contributed by atoms with van der Waals surface area (Å²) in [6.45, 7) is 4.88. The molecule has 0 heterocycles. The Labute approximate surface area is 135 Å². The summed E-state index contributed by atoms with van der Waals surface area (Å²) in [4.78, 5) is 7.38. The molecule has 0 aromatic heterocycles. The van der Waals surface area contributed by atoms with Gasteiger partial charge in [-0.05, 0) is 18.4 Å². The first-order chi connectivity index (χ1) is 8.76. The molecule has 0 saturated carbocycles. The average Bonchev–Trinajstić information content (AvgIpc) is 2.43. The average molecular weight is 326 g/mol. The molecule has 5 N–H and O–H groups in total. The van der Waals surface area contributed by atoms with Crippen LogP contribution in [-0.2, 0) is 38.1 Å². The SMILES string of the molecule is CCCOO.CCCOO.O.OCc1ccccc1.[Ti]. The second-order valence-corrected chi connectivity index (χ2v) is 3.31. The molecule has 1 aromatic carbocycles. The first kappa shape index (κ1) is 27.9. The summed E-state index contributed by atoms with van der Waals surface area (Å²) in [5.41, 5.74) is 0.965. The Kier molecular flexibility index (Phi) is 37.9. The molecule has 20 heavy (non-hydrogen) atoms. The van der Waals surface area contributed by atoms with Gasteiger partial charge in [0.15, 0.2) is 0 Å². The minimum atomic E-state index is 0. The summed E-state index contributed by atoms with van der Waals surface area (Å²) in [6, 6.07) is 9.52. The quantitative estimate of drug-likeness (QED) is 0.436. The largest absolute Gasteiger partial charge is 0.412 e. The first-order valence-electron chi connectivity index (χ1n) is 5.94. The summed E-state index contributed by atoms with van der Waals surface area (Å²) < 4.78 is 0. The van der Waals surface area contributed by atoms with Crippen molar-refractivity contribution >= 4 is 0 Å². The van der Waals surface area contributed by atoms with E-state index in [4.69, 9.17) is 15.6 Å². The van der Waals surface area contributed by atoms with Gasteiger partial charge >= 0.3 is 0 Å². The van der Waals surface area contributed by atoms with Gasteiger partial charge in [-0.3, -0.25) is 10.5 Å². The van der Waals surface area contributed by atoms with Crippen LogP contribution >= 0.6 is 0 Å². The van der Waals surface area contributed by atoms with Crippen LogP contribution in [0.15, 0.2) is 30.3 Å². The minimum Gasteiger partial charge on any atom is -0.412 e. The molecule has 1 rings (SSSR count). The molecule has 6 nitrogen and oxygen atoms in total. The Balaban J connectivity index is -0.0000000960. The standard InChI is InChI=1S/C7H8O.2C3H8O2.H2O.Ti/c8-6-7-4-2-1-3-5-7;2*1-2-3-5-4;;/h1-5,8H,6H2;2*4H,2-3H2,1H3;1H2;. The summed E-state index contributed by atoms with van der Waals surface area (Å²) in [6.07, 6.45) is 1.74. The van der Waals surface area contributed by atoms with E-state index in [2.05, 4.69) is 9.78 Å². The van der Waals surface area contributed by atoms with Crippen molar-refractivity contribution in [2.75, 3.05) is 13.2 Å². The van der Waals surface area contributed by atoms with E-state index < -0.39 is 0 Å². The zero-order chi connectivity index (χ0) is 14.1. The van der Waals surface area contributed by atoms with Crippen LogP contribution in [0.25, 0.3) is 0 Å². The molecule has 0 unspecified atom stereocenters. The van der Waals surface area contributed by atoms with Crippen LogP contribution in [0.1, 0.15) is 32.3 Å². The normalized spacial score (nSPS) is 7.85. The maximum Gasteiger partial charge on any atom is 0.0817 e. The molecule has 0 radical (unpaired) electrons. The Morgan fingerprint density at radius 2 is 1.30 bits per heavy atom. The molecule has 1 aromatic rings. The van der Waals surface area contributed by atoms with E-state index in [9.17, 15) is 0 Å². The smallest absolute Gasteiger partial charge is 0.0817 e.